The summed E-state index contributed by atoms with van der Waals surface area (Å²) in [5, 5.41) is 13.1. The van der Waals surface area contributed by atoms with Gasteiger partial charge < -0.3 is 10.2 Å². The lowest BCUT2D eigenvalue weighted by atomic mass is 9.93. The average molecular weight is 341 g/mol. The maximum Gasteiger partial charge on any atom is 0.266 e. The molecule has 5 heteroatoms. The van der Waals surface area contributed by atoms with Crippen molar-refractivity contribution in [2.45, 2.75) is 57.5 Å². The van der Waals surface area contributed by atoms with Crippen molar-refractivity contribution in [2.24, 2.45) is 0 Å². The third-order valence-corrected chi connectivity index (χ3v) is 5.52. The van der Waals surface area contributed by atoms with Crippen LogP contribution in [0.4, 0.5) is 5.69 Å². The first-order valence-electron chi connectivity index (χ1n) is 8.67. The minimum absolute atomic E-state index is 0.0964. The van der Waals surface area contributed by atoms with Crippen LogP contribution in [0.1, 0.15) is 51.0 Å². The third-order valence-electron chi connectivity index (χ3n) is 5.09. The Labute approximate surface area is 148 Å². The van der Waals surface area contributed by atoms with Gasteiger partial charge in [0.2, 0.25) is 0 Å². The van der Waals surface area contributed by atoms with Gasteiger partial charge >= 0.3 is 0 Å². The molecular formula is C19H23N3OS. The molecule has 1 spiro atoms. The average Bonchev–Trinajstić information content (AvgIpc) is 2.81. The van der Waals surface area contributed by atoms with Gasteiger partial charge in [-0.1, -0.05) is 38.0 Å². The van der Waals surface area contributed by atoms with Crippen molar-refractivity contribution in [3.8, 4) is 6.07 Å². The Morgan fingerprint density at radius 1 is 1.25 bits per heavy atom. The summed E-state index contributed by atoms with van der Waals surface area (Å²) in [6.45, 7) is 2.12. The van der Waals surface area contributed by atoms with Gasteiger partial charge in [0.05, 0.1) is 5.03 Å². The Hall–Kier alpha value is -1.93. The number of aryl methyl sites for hydroxylation is 1. The van der Waals surface area contributed by atoms with Gasteiger partial charge in [-0.3, -0.25) is 4.79 Å². The highest BCUT2D eigenvalue weighted by atomic mass is 32.1. The molecule has 0 radical (unpaired) electrons. The van der Waals surface area contributed by atoms with Crippen molar-refractivity contribution in [1.29, 1.82) is 5.26 Å². The summed E-state index contributed by atoms with van der Waals surface area (Å²) in [5.74, 6) is -0.297. The molecule has 1 saturated carbocycles. The number of thiol groups is 1. The molecule has 24 heavy (non-hydrogen) atoms. The molecule has 1 aromatic rings. The van der Waals surface area contributed by atoms with Crippen molar-refractivity contribution in [2.75, 3.05) is 4.90 Å². The second kappa shape index (κ2) is 6.90. The van der Waals surface area contributed by atoms with Gasteiger partial charge in [-0.15, -0.1) is 12.6 Å². The molecule has 1 amide bonds. The van der Waals surface area contributed by atoms with Crippen molar-refractivity contribution < 1.29 is 4.79 Å². The number of amides is 1. The molecule has 3 rings (SSSR count). The van der Waals surface area contributed by atoms with Crippen molar-refractivity contribution >= 4 is 24.2 Å². The number of carbonyl (C=O) groups excluding carboxylic acids is 1. The Morgan fingerprint density at radius 3 is 2.54 bits per heavy atom. The van der Waals surface area contributed by atoms with E-state index in [1.165, 1.54) is 18.4 Å². The normalized spacial score (nSPS) is 20.5. The van der Waals surface area contributed by atoms with Crippen LogP contribution in [0.25, 0.3) is 0 Å². The molecule has 1 aromatic carbocycles. The van der Waals surface area contributed by atoms with Crippen LogP contribution in [0.3, 0.4) is 0 Å². The fourth-order valence-electron chi connectivity index (χ4n) is 3.88. The van der Waals surface area contributed by atoms with Gasteiger partial charge in [0.25, 0.3) is 5.91 Å². The second-order valence-electron chi connectivity index (χ2n) is 6.53. The zero-order chi connectivity index (χ0) is 17.2. The number of anilines is 1. The number of para-hydroxylation sites is 1. The van der Waals surface area contributed by atoms with Crippen LogP contribution in [0.2, 0.25) is 0 Å². The van der Waals surface area contributed by atoms with E-state index in [-0.39, 0.29) is 11.5 Å². The van der Waals surface area contributed by atoms with E-state index >= 15 is 0 Å². The highest BCUT2D eigenvalue weighted by Gasteiger charge is 2.45. The summed E-state index contributed by atoms with van der Waals surface area (Å²) in [5.41, 5.74) is 1.86. The first-order valence-corrected chi connectivity index (χ1v) is 9.11. The number of nitriles is 1. The van der Waals surface area contributed by atoms with Gasteiger partial charge in [-0.2, -0.15) is 5.26 Å². The van der Waals surface area contributed by atoms with E-state index in [1.807, 2.05) is 18.2 Å². The molecule has 0 unspecified atom stereocenters. The largest absolute Gasteiger partial charge is 0.328 e. The smallest absolute Gasteiger partial charge is 0.266 e. The van der Waals surface area contributed by atoms with Crippen LogP contribution in [0, 0.1) is 11.3 Å². The molecular weight excluding hydrogens is 318 g/mol. The van der Waals surface area contributed by atoms with Gasteiger partial charge in [-0.05, 0) is 43.7 Å². The van der Waals surface area contributed by atoms with E-state index in [2.05, 4.69) is 41.9 Å². The lowest BCUT2D eigenvalue weighted by Crippen LogP contribution is -2.63. The van der Waals surface area contributed by atoms with Crippen LogP contribution in [-0.2, 0) is 11.2 Å². The van der Waals surface area contributed by atoms with Gasteiger partial charge in [0.1, 0.15) is 17.3 Å². The van der Waals surface area contributed by atoms with Crippen LogP contribution < -0.4 is 10.2 Å². The summed E-state index contributed by atoms with van der Waals surface area (Å²) >= 11 is 4.63. The number of hydrogen-bond acceptors (Lipinski definition) is 4. The van der Waals surface area contributed by atoms with Crippen LogP contribution in [0.15, 0.2) is 34.9 Å². The Morgan fingerprint density at radius 2 is 1.92 bits per heavy atom. The summed E-state index contributed by atoms with van der Waals surface area (Å²) in [6, 6.07) is 10.2. The molecule has 0 bridgehead atoms. The number of nitrogens with one attached hydrogen (secondary N) is 1. The lowest BCUT2D eigenvalue weighted by molar-refractivity contribution is -0.119. The Bertz CT molecular complexity index is 712. The number of benzene rings is 1. The fourth-order valence-corrected chi connectivity index (χ4v) is 4.33. The van der Waals surface area contributed by atoms with Crippen LogP contribution in [0.5, 0.6) is 0 Å². The van der Waals surface area contributed by atoms with E-state index in [0.29, 0.717) is 5.03 Å². The maximum absolute atomic E-state index is 12.5. The van der Waals surface area contributed by atoms with Crippen molar-refractivity contribution in [3.05, 3.63) is 40.4 Å². The highest BCUT2D eigenvalue weighted by molar-refractivity contribution is 7.84. The number of nitrogens with zero attached hydrogens (tertiary/aromatic N) is 2. The van der Waals surface area contributed by atoms with E-state index in [9.17, 15) is 10.1 Å². The molecule has 1 N–H and O–H groups in total. The first-order chi connectivity index (χ1) is 11.6. The zero-order valence-corrected chi connectivity index (χ0v) is 14.9. The molecule has 0 saturated heterocycles. The van der Waals surface area contributed by atoms with Gasteiger partial charge in [0, 0.05) is 5.69 Å². The first kappa shape index (κ1) is 16.9. The zero-order valence-electron chi connectivity index (χ0n) is 14.0. The van der Waals surface area contributed by atoms with E-state index < -0.39 is 5.66 Å². The quantitative estimate of drug-likeness (QED) is 0.802. The maximum atomic E-state index is 12.5. The highest BCUT2D eigenvalue weighted by Crippen LogP contribution is 2.42. The topological polar surface area (TPSA) is 56.1 Å². The van der Waals surface area contributed by atoms with Crippen LogP contribution in [-0.4, -0.2) is 11.6 Å². The number of hydrogen-bond donors (Lipinski definition) is 2. The molecule has 1 fully saturated rings. The second-order valence-corrected chi connectivity index (χ2v) is 6.95. The number of rotatable bonds is 2. The SMILES string of the molecule is CCc1ccccc1N1C(S)=C(C#N)C(=O)NC12CCCCCC2. The molecule has 2 aliphatic rings. The predicted octanol–water partition coefficient (Wildman–Crippen LogP) is 3.90. The van der Waals surface area contributed by atoms with Crippen molar-refractivity contribution in [1.82, 2.24) is 5.32 Å². The van der Waals surface area contributed by atoms with Crippen LogP contribution >= 0.6 is 12.6 Å². The minimum atomic E-state index is -0.476. The molecule has 1 aliphatic carbocycles. The third kappa shape index (κ3) is 2.80. The standard InChI is InChI=1S/C19H23N3OS/c1-2-14-9-5-6-10-16(14)22-18(24)15(13-20)17(23)21-19(22)11-7-3-4-8-12-19/h5-6,9-10,24H,2-4,7-8,11-12H2,1H3,(H,21,23). The molecule has 4 nitrogen and oxygen atoms in total. The molecule has 0 aromatic heterocycles. The van der Waals surface area contributed by atoms with Gasteiger partial charge in [-0.25, -0.2) is 0 Å². The predicted molar refractivity (Wildman–Crippen MR) is 98.5 cm³/mol. The summed E-state index contributed by atoms with van der Waals surface area (Å²) < 4.78 is 0. The van der Waals surface area contributed by atoms with Crippen molar-refractivity contribution in [3.63, 3.8) is 0 Å². The summed E-state index contributed by atoms with van der Waals surface area (Å²) in [4.78, 5) is 14.6. The van der Waals surface area contributed by atoms with E-state index in [1.54, 1.807) is 0 Å². The summed E-state index contributed by atoms with van der Waals surface area (Å²) in [6.07, 6.45) is 7.12. The molecule has 1 heterocycles. The van der Waals surface area contributed by atoms with E-state index in [0.717, 1.165) is 37.8 Å². The molecule has 0 atom stereocenters. The lowest BCUT2D eigenvalue weighted by Gasteiger charge is -2.49. The van der Waals surface area contributed by atoms with E-state index in [4.69, 9.17) is 0 Å². The van der Waals surface area contributed by atoms with Gasteiger partial charge in [0.15, 0.2) is 0 Å². The minimum Gasteiger partial charge on any atom is -0.328 e. The summed E-state index contributed by atoms with van der Waals surface area (Å²) in [7, 11) is 0. The molecule has 126 valence electrons. The monoisotopic (exact) mass is 341 g/mol. The Kier molecular flexibility index (Phi) is 4.86. The fraction of sp³-hybridized carbons (Fsp3) is 0.474. The number of carbonyl (C=O) groups is 1. The Balaban J connectivity index is 2.20. The molecule has 1 aliphatic heterocycles.